The average Bonchev–Trinajstić information content (AvgIpc) is 3.10. The van der Waals surface area contributed by atoms with Crippen LogP contribution >= 0.6 is 163 Å². The Morgan fingerprint density at radius 1 is 0.707 bits per heavy atom. The molecule has 0 spiro atoms. The van der Waals surface area contributed by atoms with Crippen LogP contribution in [0.3, 0.4) is 0 Å². The van der Waals surface area contributed by atoms with Gasteiger partial charge in [-0.15, -0.1) is 46.4 Å². The van der Waals surface area contributed by atoms with Crippen molar-refractivity contribution in [3.8, 4) is 0 Å². The number of Topliss-reactive ketones (excluding diaryl/α,β-unsaturated/α-hetero) is 1. The largest absolute Gasteiger partial charge is 0.443 e. The van der Waals surface area contributed by atoms with Crippen LogP contribution in [-0.2, 0) is 50.3 Å². The third-order valence-electron chi connectivity index (χ3n) is 5.45. The van der Waals surface area contributed by atoms with Gasteiger partial charge in [-0.25, -0.2) is 0 Å². The van der Waals surface area contributed by atoms with Crippen molar-refractivity contribution in [3.05, 3.63) is 136 Å². The number of aliphatic hydroxyl groups is 1. The van der Waals surface area contributed by atoms with Gasteiger partial charge in [0.05, 0.1) is 48.7 Å². The first-order valence-electron chi connectivity index (χ1n) is 14.7. The van der Waals surface area contributed by atoms with Crippen LogP contribution in [0.25, 0.3) is 0 Å². The molecule has 0 aliphatic heterocycles. The first kappa shape index (κ1) is 63.1. The third kappa shape index (κ3) is 31.6. The minimum atomic E-state index is -3.59. The van der Waals surface area contributed by atoms with Crippen molar-refractivity contribution in [2.24, 2.45) is 0 Å². The number of carbonyl (C=O) groups is 2. The molecule has 0 fully saturated rings. The van der Waals surface area contributed by atoms with Crippen molar-refractivity contribution in [2.75, 3.05) is 29.8 Å². The van der Waals surface area contributed by atoms with E-state index in [0.717, 1.165) is 6.26 Å². The second-order valence-electron chi connectivity index (χ2n) is 9.87. The Morgan fingerprint density at radius 3 is 1.38 bits per heavy atom. The molecule has 3 radical (unpaired) electrons. The quantitative estimate of drug-likeness (QED) is 0.0337. The van der Waals surface area contributed by atoms with E-state index in [0.29, 0.717) is 56.9 Å². The molecule has 0 bridgehead atoms. The van der Waals surface area contributed by atoms with Crippen LogP contribution in [0.2, 0.25) is 40.2 Å². The third-order valence-corrected chi connectivity index (χ3v) is 9.51. The van der Waals surface area contributed by atoms with E-state index in [9.17, 15) is 23.1 Å². The van der Waals surface area contributed by atoms with Crippen molar-refractivity contribution in [1.82, 2.24) is 0 Å². The second kappa shape index (κ2) is 35.2. The van der Waals surface area contributed by atoms with Gasteiger partial charge in [0.25, 0.3) is 10.1 Å². The van der Waals surface area contributed by atoms with Crippen molar-refractivity contribution < 1.29 is 45.9 Å². The van der Waals surface area contributed by atoms with E-state index >= 15 is 0 Å². The number of rotatable bonds is 9. The SMILES string of the molecule is CS(=O)(=O)OC(CCl)c1ccc(Cl)cc1Cl.Clc1cccc(Cl)c1.O=C(CCl)c1ccc(Cl)cc1Cl.O=C(Cl)CCl.OC(CCl)c1ccc(Cl)cc1Cl.[B]C(=S)[S-].[V]. The Bertz CT molecular complexity index is 1970. The summed E-state index contributed by atoms with van der Waals surface area (Å²) in [7, 11) is 1.07. The van der Waals surface area contributed by atoms with Gasteiger partial charge in [-0.05, 0) is 72.3 Å². The molecule has 0 aliphatic rings. The molecular weight excluding hydrogens is 1120 g/mol. The maximum absolute atomic E-state index is 11.1. The van der Waals surface area contributed by atoms with Crippen molar-refractivity contribution in [1.29, 1.82) is 0 Å². The summed E-state index contributed by atoms with van der Waals surface area (Å²) in [6.07, 6.45) is -0.575. The number of benzene rings is 4. The summed E-state index contributed by atoms with van der Waals surface area (Å²) >= 11 is 79.9. The minimum absolute atomic E-state index is 0. The van der Waals surface area contributed by atoms with Gasteiger partial charge < -0.3 is 30.0 Å². The van der Waals surface area contributed by atoms with Crippen molar-refractivity contribution in [2.45, 2.75) is 12.2 Å². The first-order valence-corrected chi connectivity index (χ1v) is 22.8. The summed E-state index contributed by atoms with van der Waals surface area (Å²) in [4.78, 5) is 20.5. The zero-order valence-electron chi connectivity index (χ0n) is 29.1. The van der Waals surface area contributed by atoms with E-state index in [4.69, 9.17) is 155 Å². The molecule has 58 heavy (non-hydrogen) atoms. The minimum Gasteiger partial charge on any atom is -0.443 e. The Hall–Kier alpha value is 0.819. The van der Waals surface area contributed by atoms with Crippen molar-refractivity contribution in [3.63, 3.8) is 0 Å². The van der Waals surface area contributed by atoms with E-state index in [2.05, 4.69) is 32.7 Å². The van der Waals surface area contributed by atoms with Crippen LogP contribution in [-0.4, -0.2) is 66.3 Å². The van der Waals surface area contributed by atoms with E-state index in [1.54, 1.807) is 60.7 Å². The van der Waals surface area contributed by atoms with Gasteiger partial charge in [0, 0.05) is 70.4 Å². The predicted octanol–water partition coefficient (Wildman–Crippen LogP) is 13.9. The average molecular weight is 1150 g/mol. The van der Waals surface area contributed by atoms with Crippen LogP contribution in [0.4, 0.5) is 0 Å². The van der Waals surface area contributed by atoms with Gasteiger partial charge >= 0.3 is 0 Å². The zero-order chi connectivity index (χ0) is 44.5. The molecule has 0 saturated heterocycles. The maximum atomic E-state index is 11.1. The van der Waals surface area contributed by atoms with Gasteiger partial charge in [-0.2, -0.15) is 12.5 Å². The number of aliphatic hydroxyl groups excluding tert-OH is 1. The number of ketones is 1. The summed E-state index contributed by atoms with van der Waals surface area (Å²) < 4.78 is 26.9. The van der Waals surface area contributed by atoms with Crippen LogP contribution in [0.1, 0.15) is 33.7 Å². The monoisotopic (exact) mass is 1140 g/mol. The molecule has 4 aromatic carbocycles. The Labute approximate surface area is 427 Å². The second-order valence-corrected chi connectivity index (χ2v) is 17.6. The topological polar surface area (TPSA) is 97.7 Å². The molecule has 4 aromatic rings. The van der Waals surface area contributed by atoms with E-state index in [1.807, 2.05) is 6.07 Å². The normalized spacial score (nSPS) is 10.9. The summed E-state index contributed by atoms with van der Waals surface area (Å²) in [6.45, 7) is 0. The van der Waals surface area contributed by atoms with Gasteiger partial charge in [-0.1, -0.05) is 111 Å². The molecule has 2 unspecified atom stereocenters. The summed E-state index contributed by atoms with van der Waals surface area (Å²) in [5, 5.41) is 12.8. The number of alkyl halides is 4. The van der Waals surface area contributed by atoms with Gasteiger partial charge in [0.15, 0.2) is 5.78 Å². The molecule has 0 aliphatic carbocycles. The molecule has 0 heterocycles. The smallest absolute Gasteiger partial charge is 0.265 e. The molecule has 1 N–H and O–H groups in total. The molecule has 2 atom stereocenters. The van der Waals surface area contributed by atoms with E-state index in [-0.39, 0.29) is 52.0 Å². The van der Waals surface area contributed by atoms with Gasteiger partial charge in [-0.3, -0.25) is 13.8 Å². The fourth-order valence-electron chi connectivity index (χ4n) is 3.24. The summed E-state index contributed by atoms with van der Waals surface area (Å²) in [5.74, 6) is -0.253. The van der Waals surface area contributed by atoms with Crippen LogP contribution in [0, 0.1) is 0 Å². The molecule has 0 amide bonds. The first-order chi connectivity index (χ1) is 26.4. The molecule has 0 aromatic heterocycles. The number of hydrogen-bond donors (Lipinski definition) is 1. The number of carbonyl (C=O) groups excluding carboxylic acids is 2. The molecule has 4 rings (SSSR count). The maximum Gasteiger partial charge on any atom is 0.265 e. The molecular formula is C34H27BCl13O6S3V-. The Morgan fingerprint density at radius 2 is 1.09 bits per heavy atom. The van der Waals surface area contributed by atoms with E-state index < -0.39 is 27.6 Å². The fraction of sp³-hybridized carbons (Fsp3) is 0.206. The molecule has 0 saturated carbocycles. The van der Waals surface area contributed by atoms with Gasteiger partial charge in [0.2, 0.25) is 5.24 Å². The number of thiocarbonyl (C=S) groups is 1. The van der Waals surface area contributed by atoms with Crippen LogP contribution in [0.15, 0.2) is 78.9 Å². The molecule has 6 nitrogen and oxygen atoms in total. The molecule has 317 valence electrons. The van der Waals surface area contributed by atoms with Crippen LogP contribution < -0.4 is 0 Å². The predicted molar refractivity (Wildman–Crippen MR) is 253 cm³/mol. The standard InChI is InChI=1S/C9H9Cl3O3S.C8H7Cl3O.C8H5Cl3O.C6H4Cl2.C2H2Cl2O.CHBS2.V/c1-16(13,14)15-9(5-10)7-3-2-6(11)4-8(7)12;2*9-4-8(12)6-2-1-5(10)3-7(6)11;7-5-2-1-3-6(8)4-5;3-1-2(4)5;2-1(3)4;/h2-4,9H,5H2,1H3;1-3,8,12H,4H2;1-3H,4H2;1-4H;1H2;(H,3,4);/p-1. The fourth-order valence-corrected chi connectivity index (χ4v) is 6.46. The summed E-state index contributed by atoms with van der Waals surface area (Å²) in [6, 6.07) is 21.4. The summed E-state index contributed by atoms with van der Waals surface area (Å²) in [5.41, 5.74) is 1.51. The Kier molecular flexibility index (Phi) is 38.3. The number of halogens is 13. The van der Waals surface area contributed by atoms with Gasteiger partial charge in [0.1, 0.15) is 6.10 Å². The van der Waals surface area contributed by atoms with Crippen molar-refractivity contribution >= 4 is 209 Å². The Balaban J connectivity index is -0.000000657. The van der Waals surface area contributed by atoms with E-state index in [1.165, 1.54) is 12.1 Å². The van der Waals surface area contributed by atoms with Crippen LogP contribution in [0.5, 0.6) is 0 Å². The zero-order valence-corrected chi connectivity index (χ0v) is 42.8. The number of hydrogen-bond acceptors (Lipinski definition) is 8. The molecule has 24 heteroatoms.